The smallest absolute Gasteiger partial charge is 0.309 e. The maximum Gasteiger partial charge on any atom is 0.309 e. The standard InChI is InChI=1S/C28H31NO2/c30-28(31-22-25-14-8-3-9-15-25)26-16-18-27(19-17-26)29(20-23-10-4-1-5-11-23)21-24-12-6-2-7-13-24/h1-15,26-27H,16-22H2/t26-,27-. The van der Waals surface area contributed by atoms with Gasteiger partial charge in [0.25, 0.3) is 0 Å². The van der Waals surface area contributed by atoms with Crippen LogP contribution in [0.5, 0.6) is 0 Å². The third kappa shape index (κ3) is 6.28. The zero-order valence-electron chi connectivity index (χ0n) is 18.0. The molecular formula is C28H31NO2. The number of ether oxygens (including phenoxy) is 1. The lowest BCUT2D eigenvalue weighted by Crippen LogP contribution is -2.38. The van der Waals surface area contributed by atoms with Gasteiger partial charge in [-0.15, -0.1) is 0 Å². The zero-order chi connectivity index (χ0) is 21.3. The van der Waals surface area contributed by atoms with E-state index in [-0.39, 0.29) is 11.9 Å². The van der Waals surface area contributed by atoms with Crippen LogP contribution in [0.2, 0.25) is 0 Å². The van der Waals surface area contributed by atoms with E-state index in [4.69, 9.17) is 4.74 Å². The quantitative estimate of drug-likeness (QED) is 0.425. The van der Waals surface area contributed by atoms with Gasteiger partial charge >= 0.3 is 5.97 Å². The summed E-state index contributed by atoms with van der Waals surface area (Å²) in [5, 5.41) is 0. The lowest BCUT2D eigenvalue weighted by Gasteiger charge is -2.36. The van der Waals surface area contributed by atoms with E-state index in [1.165, 1.54) is 11.1 Å². The minimum Gasteiger partial charge on any atom is -0.461 e. The number of benzene rings is 3. The minimum absolute atomic E-state index is 0.0234. The van der Waals surface area contributed by atoms with Crippen molar-refractivity contribution in [2.75, 3.05) is 0 Å². The van der Waals surface area contributed by atoms with Crippen molar-refractivity contribution in [3.05, 3.63) is 108 Å². The molecule has 1 aliphatic carbocycles. The minimum atomic E-state index is -0.0417. The summed E-state index contributed by atoms with van der Waals surface area (Å²) in [5.41, 5.74) is 3.71. The van der Waals surface area contributed by atoms with Crippen molar-refractivity contribution in [3.8, 4) is 0 Å². The fraction of sp³-hybridized carbons (Fsp3) is 0.321. The molecule has 160 valence electrons. The largest absolute Gasteiger partial charge is 0.461 e. The molecule has 0 heterocycles. The molecule has 0 radical (unpaired) electrons. The van der Waals surface area contributed by atoms with Crippen molar-refractivity contribution in [2.24, 2.45) is 5.92 Å². The van der Waals surface area contributed by atoms with E-state index in [1.807, 2.05) is 30.3 Å². The van der Waals surface area contributed by atoms with E-state index in [0.29, 0.717) is 12.6 Å². The Kier molecular flexibility index (Phi) is 7.51. The molecule has 1 fully saturated rings. The zero-order valence-corrected chi connectivity index (χ0v) is 18.0. The van der Waals surface area contributed by atoms with Gasteiger partial charge in [-0.3, -0.25) is 9.69 Å². The van der Waals surface area contributed by atoms with Crippen molar-refractivity contribution < 1.29 is 9.53 Å². The lowest BCUT2D eigenvalue weighted by molar-refractivity contribution is -0.151. The van der Waals surface area contributed by atoms with Crippen LogP contribution in [0.3, 0.4) is 0 Å². The van der Waals surface area contributed by atoms with Gasteiger partial charge in [0.2, 0.25) is 0 Å². The Morgan fingerprint density at radius 1 is 0.677 bits per heavy atom. The first-order valence-electron chi connectivity index (χ1n) is 11.3. The third-order valence-electron chi connectivity index (χ3n) is 6.23. The van der Waals surface area contributed by atoms with Gasteiger partial charge in [-0.05, 0) is 42.4 Å². The maximum absolute atomic E-state index is 12.6. The molecule has 0 atom stereocenters. The predicted octanol–water partition coefficient (Wildman–Crippen LogP) is 5.99. The highest BCUT2D eigenvalue weighted by Gasteiger charge is 2.30. The number of hydrogen-bond acceptors (Lipinski definition) is 3. The molecular weight excluding hydrogens is 382 g/mol. The third-order valence-corrected chi connectivity index (χ3v) is 6.23. The summed E-state index contributed by atoms with van der Waals surface area (Å²) in [6.07, 6.45) is 3.87. The second kappa shape index (κ2) is 10.9. The fourth-order valence-electron chi connectivity index (χ4n) is 4.47. The van der Waals surface area contributed by atoms with E-state index in [0.717, 1.165) is 44.3 Å². The molecule has 0 N–H and O–H groups in total. The van der Waals surface area contributed by atoms with Gasteiger partial charge in [0.15, 0.2) is 0 Å². The second-order valence-corrected chi connectivity index (χ2v) is 8.47. The first kappa shape index (κ1) is 21.3. The molecule has 0 bridgehead atoms. The molecule has 0 aromatic heterocycles. The fourth-order valence-corrected chi connectivity index (χ4v) is 4.47. The number of carbonyl (C=O) groups is 1. The Hall–Kier alpha value is -2.91. The summed E-state index contributed by atoms with van der Waals surface area (Å²) in [7, 11) is 0. The first-order chi connectivity index (χ1) is 15.3. The summed E-state index contributed by atoms with van der Waals surface area (Å²) in [4.78, 5) is 15.2. The molecule has 1 saturated carbocycles. The summed E-state index contributed by atoms with van der Waals surface area (Å²) in [6, 6.07) is 31.8. The molecule has 0 spiro atoms. The number of hydrogen-bond donors (Lipinski definition) is 0. The Bertz CT molecular complexity index is 878. The van der Waals surface area contributed by atoms with E-state index < -0.39 is 0 Å². The molecule has 0 unspecified atom stereocenters. The van der Waals surface area contributed by atoms with Crippen molar-refractivity contribution >= 4 is 5.97 Å². The van der Waals surface area contributed by atoms with Crippen molar-refractivity contribution in [3.63, 3.8) is 0 Å². The normalized spacial score (nSPS) is 18.6. The molecule has 0 aliphatic heterocycles. The molecule has 3 nitrogen and oxygen atoms in total. The molecule has 3 aromatic rings. The lowest BCUT2D eigenvalue weighted by atomic mass is 9.85. The monoisotopic (exact) mass is 413 g/mol. The highest BCUT2D eigenvalue weighted by Crippen LogP contribution is 2.30. The summed E-state index contributed by atoms with van der Waals surface area (Å²) < 4.78 is 5.60. The summed E-state index contributed by atoms with van der Waals surface area (Å²) >= 11 is 0. The van der Waals surface area contributed by atoms with Gasteiger partial charge in [-0.25, -0.2) is 0 Å². The highest BCUT2D eigenvalue weighted by molar-refractivity contribution is 5.72. The SMILES string of the molecule is O=C(OCc1ccccc1)[C@H]1CC[C@H](N(Cc2ccccc2)Cc2ccccc2)CC1. The Balaban J connectivity index is 1.34. The van der Waals surface area contributed by atoms with E-state index >= 15 is 0 Å². The number of rotatable bonds is 8. The van der Waals surface area contributed by atoms with E-state index in [1.54, 1.807) is 0 Å². The van der Waals surface area contributed by atoms with Gasteiger partial charge in [-0.1, -0.05) is 91.0 Å². The van der Waals surface area contributed by atoms with Crippen LogP contribution < -0.4 is 0 Å². The van der Waals surface area contributed by atoms with Gasteiger partial charge in [-0.2, -0.15) is 0 Å². The number of carbonyl (C=O) groups excluding carboxylic acids is 1. The maximum atomic E-state index is 12.6. The first-order valence-corrected chi connectivity index (χ1v) is 11.3. The topological polar surface area (TPSA) is 29.5 Å². The van der Waals surface area contributed by atoms with Gasteiger partial charge in [0, 0.05) is 19.1 Å². The number of esters is 1. The highest BCUT2D eigenvalue weighted by atomic mass is 16.5. The van der Waals surface area contributed by atoms with Crippen LogP contribution in [0.1, 0.15) is 42.4 Å². The Morgan fingerprint density at radius 2 is 1.13 bits per heavy atom. The van der Waals surface area contributed by atoms with Crippen molar-refractivity contribution in [2.45, 2.75) is 51.4 Å². The van der Waals surface area contributed by atoms with Crippen molar-refractivity contribution in [1.82, 2.24) is 4.90 Å². The van der Waals surface area contributed by atoms with Crippen LogP contribution in [0, 0.1) is 5.92 Å². The Morgan fingerprint density at radius 3 is 1.61 bits per heavy atom. The second-order valence-electron chi connectivity index (χ2n) is 8.47. The summed E-state index contributed by atoms with van der Waals surface area (Å²) in [5.74, 6) is -0.0183. The summed E-state index contributed by atoms with van der Waals surface area (Å²) in [6.45, 7) is 2.24. The van der Waals surface area contributed by atoms with Crippen LogP contribution in [-0.4, -0.2) is 16.9 Å². The predicted molar refractivity (Wildman–Crippen MR) is 124 cm³/mol. The van der Waals surface area contributed by atoms with Crippen LogP contribution >= 0.6 is 0 Å². The van der Waals surface area contributed by atoms with Crippen LogP contribution in [-0.2, 0) is 29.2 Å². The van der Waals surface area contributed by atoms with Crippen LogP contribution in [0.15, 0.2) is 91.0 Å². The van der Waals surface area contributed by atoms with Crippen LogP contribution in [0.25, 0.3) is 0 Å². The van der Waals surface area contributed by atoms with E-state index in [9.17, 15) is 4.79 Å². The average Bonchev–Trinajstić information content (AvgIpc) is 2.84. The van der Waals surface area contributed by atoms with E-state index in [2.05, 4.69) is 65.6 Å². The Labute approximate surface area is 185 Å². The average molecular weight is 414 g/mol. The molecule has 1 aliphatic rings. The molecule has 3 aromatic carbocycles. The number of nitrogens with zero attached hydrogens (tertiary/aromatic N) is 1. The molecule has 0 saturated heterocycles. The van der Waals surface area contributed by atoms with Gasteiger partial charge < -0.3 is 4.74 Å². The molecule has 31 heavy (non-hydrogen) atoms. The van der Waals surface area contributed by atoms with Gasteiger partial charge in [0.05, 0.1) is 5.92 Å². The molecule has 4 rings (SSSR count). The van der Waals surface area contributed by atoms with Crippen molar-refractivity contribution in [1.29, 1.82) is 0 Å². The van der Waals surface area contributed by atoms with Gasteiger partial charge in [0.1, 0.15) is 6.61 Å². The molecule has 0 amide bonds. The molecule has 3 heteroatoms. The van der Waals surface area contributed by atoms with Crippen LogP contribution in [0.4, 0.5) is 0 Å².